The van der Waals surface area contributed by atoms with Gasteiger partial charge in [-0.15, -0.1) is 0 Å². The van der Waals surface area contributed by atoms with Crippen LogP contribution in [0.2, 0.25) is 0 Å². The summed E-state index contributed by atoms with van der Waals surface area (Å²) in [4.78, 5) is 0. The zero-order chi connectivity index (χ0) is 10.4. The number of aromatic nitrogens is 1. The lowest BCUT2D eigenvalue weighted by Gasteiger charge is -1.90. The van der Waals surface area contributed by atoms with Crippen molar-refractivity contribution in [2.45, 2.75) is 33.1 Å². The van der Waals surface area contributed by atoms with E-state index in [-0.39, 0.29) is 0 Å². The van der Waals surface area contributed by atoms with Gasteiger partial charge in [0.25, 0.3) is 0 Å². The molecular weight excluding hydrogens is 174 g/mol. The number of allylic oxidation sites excluding steroid dienone is 2. The fourth-order valence-corrected chi connectivity index (χ4v) is 1.28. The van der Waals surface area contributed by atoms with Gasteiger partial charge in [-0.1, -0.05) is 37.2 Å². The fraction of sp³-hybridized carbons (Fsp3) is 0.417. The third kappa shape index (κ3) is 2.59. The minimum absolute atomic E-state index is 0.661. The molecule has 1 aromatic heterocycles. The van der Waals surface area contributed by atoms with E-state index in [1.807, 2.05) is 25.2 Å². The Balaban J connectivity index is 3.00. The molecule has 1 rings (SSSR count). The van der Waals surface area contributed by atoms with Gasteiger partial charge in [0, 0.05) is 5.22 Å². The zero-order valence-corrected chi connectivity index (χ0v) is 8.92. The summed E-state index contributed by atoms with van der Waals surface area (Å²) in [6.45, 7) is 7.96. The smallest absolute Gasteiger partial charge is 0.159 e. The van der Waals surface area contributed by atoms with Crippen molar-refractivity contribution in [2.24, 2.45) is 0 Å². The summed E-state index contributed by atoms with van der Waals surface area (Å²) in [5.41, 5.74) is 1.68. The summed E-state index contributed by atoms with van der Waals surface area (Å²) in [5, 5.41) is 5.04. The number of hydrogen-bond donors (Lipinski definition) is 0. The molecule has 0 unspecified atom stereocenters. The van der Waals surface area contributed by atoms with Crippen LogP contribution in [0.1, 0.15) is 32.4 Å². The summed E-state index contributed by atoms with van der Waals surface area (Å²) in [7, 11) is 0. The molecule has 0 spiro atoms. The van der Waals surface area contributed by atoms with E-state index in [9.17, 15) is 0 Å². The Labute approximate surface area is 84.6 Å². The molecule has 2 nitrogen and oxygen atoms in total. The topological polar surface area (TPSA) is 26.0 Å². The maximum absolute atomic E-state index is 5.06. The first-order valence-corrected chi connectivity index (χ1v) is 5.06. The van der Waals surface area contributed by atoms with Crippen LogP contribution in [0.25, 0.3) is 12.7 Å². The first kappa shape index (κ1) is 10.8. The van der Waals surface area contributed by atoms with E-state index in [0.29, 0.717) is 5.42 Å². The highest BCUT2D eigenvalue weighted by Gasteiger charge is 2.00. The lowest BCUT2D eigenvalue weighted by molar-refractivity contribution is 0.387. The lowest BCUT2D eigenvalue weighted by atomic mass is 10.1. The number of hydrogen-bond acceptors (Lipinski definition) is 2. The van der Waals surface area contributed by atoms with E-state index < -0.39 is 0 Å². The number of nitrogens with zero attached hydrogens (tertiary/aromatic N) is 1. The maximum atomic E-state index is 5.06. The molecular formula is C12H17NO. The molecule has 0 aliphatic carbocycles. The van der Waals surface area contributed by atoms with E-state index in [4.69, 9.17) is 4.52 Å². The van der Waals surface area contributed by atoms with Crippen molar-refractivity contribution in [1.29, 1.82) is 0 Å². The monoisotopic (exact) mass is 191 g/mol. The summed E-state index contributed by atoms with van der Waals surface area (Å²) < 4.78 is 5.06. The second-order valence-corrected chi connectivity index (χ2v) is 3.26. The Kier molecular flexibility index (Phi) is 4.17. The zero-order valence-electron chi connectivity index (χ0n) is 8.92. The molecule has 0 fully saturated rings. The summed E-state index contributed by atoms with van der Waals surface area (Å²) in [6, 6.07) is 0. The van der Waals surface area contributed by atoms with Gasteiger partial charge in [-0.05, 0) is 25.8 Å². The van der Waals surface area contributed by atoms with E-state index in [1.165, 1.54) is 6.42 Å². The van der Waals surface area contributed by atoms with Gasteiger partial charge in [0.15, 0.2) is 5.42 Å². The predicted molar refractivity (Wildman–Crippen MR) is 59.2 cm³/mol. The van der Waals surface area contributed by atoms with Gasteiger partial charge in [0.05, 0.1) is 5.69 Å². The highest BCUT2D eigenvalue weighted by Crippen LogP contribution is 1.94. The first-order valence-electron chi connectivity index (χ1n) is 5.06. The Morgan fingerprint density at radius 3 is 2.93 bits per heavy atom. The summed E-state index contributed by atoms with van der Waals surface area (Å²) in [6.07, 6.45) is 9.25. The number of unbranched alkanes of at least 4 members (excludes halogenated alkanes) is 1. The SMILES string of the molecule is C=c1onc(CCCC)/c1=C/C=C\C. The molecule has 0 aliphatic rings. The average molecular weight is 191 g/mol. The van der Waals surface area contributed by atoms with Crippen LogP contribution in [0.4, 0.5) is 0 Å². The lowest BCUT2D eigenvalue weighted by Crippen LogP contribution is -2.21. The van der Waals surface area contributed by atoms with E-state index in [2.05, 4.69) is 18.7 Å². The number of rotatable bonds is 4. The van der Waals surface area contributed by atoms with Crippen LogP contribution in [-0.4, -0.2) is 5.16 Å². The van der Waals surface area contributed by atoms with Crippen molar-refractivity contribution < 1.29 is 4.52 Å². The van der Waals surface area contributed by atoms with E-state index in [0.717, 1.165) is 23.8 Å². The van der Waals surface area contributed by atoms with Crippen LogP contribution in [0.3, 0.4) is 0 Å². The Hall–Kier alpha value is -1.31. The molecule has 0 radical (unpaired) electrons. The Bertz CT molecular complexity index is 400. The molecule has 0 aliphatic heterocycles. The van der Waals surface area contributed by atoms with Gasteiger partial charge in [-0.2, -0.15) is 0 Å². The largest absolute Gasteiger partial charge is 0.357 e. The van der Waals surface area contributed by atoms with Crippen LogP contribution in [-0.2, 0) is 6.42 Å². The molecule has 0 bridgehead atoms. The van der Waals surface area contributed by atoms with Gasteiger partial charge in [-0.25, -0.2) is 0 Å². The molecule has 0 saturated carbocycles. The summed E-state index contributed by atoms with van der Waals surface area (Å²) >= 11 is 0. The number of aryl methyl sites for hydroxylation is 1. The molecule has 0 atom stereocenters. The molecule has 1 aromatic rings. The third-order valence-corrected chi connectivity index (χ3v) is 2.10. The summed E-state index contributed by atoms with van der Waals surface area (Å²) in [5.74, 6) is 0. The molecule has 14 heavy (non-hydrogen) atoms. The fourth-order valence-electron chi connectivity index (χ4n) is 1.28. The van der Waals surface area contributed by atoms with Gasteiger partial charge < -0.3 is 4.52 Å². The molecule has 0 N–H and O–H groups in total. The highest BCUT2D eigenvalue weighted by molar-refractivity contribution is 5.37. The van der Waals surface area contributed by atoms with Gasteiger partial charge in [0.1, 0.15) is 0 Å². The van der Waals surface area contributed by atoms with Crippen molar-refractivity contribution in [3.8, 4) is 0 Å². The third-order valence-electron chi connectivity index (χ3n) is 2.10. The Morgan fingerprint density at radius 1 is 1.50 bits per heavy atom. The van der Waals surface area contributed by atoms with Gasteiger partial charge in [0.2, 0.25) is 0 Å². The molecule has 2 heteroatoms. The van der Waals surface area contributed by atoms with Crippen molar-refractivity contribution >= 4 is 12.7 Å². The van der Waals surface area contributed by atoms with Crippen molar-refractivity contribution in [2.75, 3.05) is 0 Å². The van der Waals surface area contributed by atoms with Crippen LogP contribution in [0.5, 0.6) is 0 Å². The molecule has 0 aromatic carbocycles. The van der Waals surface area contributed by atoms with E-state index >= 15 is 0 Å². The second-order valence-electron chi connectivity index (χ2n) is 3.26. The van der Waals surface area contributed by atoms with Crippen molar-refractivity contribution in [3.05, 3.63) is 28.5 Å². The first-order chi connectivity index (χ1) is 6.79. The normalized spacial score (nSPS) is 12.9. The maximum Gasteiger partial charge on any atom is 0.159 e. The molecule has 1 heterocycles. The predicted octanol–water partition coefficient (Wildman–Crippen LogP) is 1.78. The van der Waals surface area contributed by atoms with Gasteiger partial charge >= 0.3 is 0 Å². The quantitative estimate of drug-likeness (QED) is 0.725. The van der Waals surface area contributed by atoms with Crippen molar-refractivity contribution in [3.63, 3.8) is 0 Å². The molecule has 0 saturated heterocycles. The molecule has 0 amide bonds. The standard InChI is InChI=1S/C12H17NO/c1-4-6-8-11-10(3)14-13-12(11)9-7-5-2/h4,6,8H,3,5,7,9H2,1-2H3/b6-4-,11-8+. The minimum atomic E-state index is 0.661. The molecule has 76 valence electrons. The van der Waals surface area contributed by atoms with E-state index in [1.54, 1.807) is 0 Å². The van der Waals surface area contributed by atoms with Gasteiger partial charge in [-0.3, -0.25) is 0 Å². The highest BCUT2D eigenvalue weighted by atomic mass is 16.5. The minimum Gasteiger partial charge on any atom is -0.357 e. The Morgan fingerprint density at radius 2 is 2.29 bits per heavy atom. The van der Waals surface area contributed by atoms with Crippen LogP contribution in [0, 0.1) is 0 Å². The van der Waals surface area contributed by atoms with Crippen LogP contribution in [0.15, 0.2) is 16.7 Å². The average Bonchev–Trinajstić information content (AvgIpc) is 2.53. The van der Waals surface area contributed by atoms with Crippen LogP contribution < -0.4 is 10.6 Å². The van der Waals surface area contributed by atoms with Crippen molar-refractivity contribution in [1.82, 2.24) is 5.16 Å². The second kappa shape index (κ2) is 5.43. The van der Waals surface area contributed by atoms with Crippen LogP contribution >= 0.6 is 0 Å².